The number of nitrogens with one attached hydrogen (secondary N) is 2. The van der Waals surface area contributed by atoms with Crippen LogP contribution in [0.3, 0.4) is 0 Å². The largest absolute Gasteiger partial charge is 0.330 e. The summed E-state index contributed by atoms with van der Waals surface area (Å²) in [6.07, 6.45) is 0. The van der Waals surface area contributed by atoms with Crippen molar-refractivity contribution in [1.82, 2.24) is 10.6 Å². The first-order chi connectivity index (χ1) is 15.1. The van der Waals surface area contributed by atoms with E-state index in [2.05, 4.69) is 10.6 Å². The molecule has 2 N–H and O–H groups in total. The van der Waals surface area contributed by atoms with Gasteiger partial charge in [0.2, 0.25) is 0 Å². The molecule has 0 aromatic heterocycles. The lowest BCUT2D eigenvalue weighted by molar-refractivity contribution is -0.127. The van der Waals surface area contributed by atoms with Gasteiger partial charge in [0, 0.05) is 0 Å². The molecule has 2 unspecified atom stereocenters. The fourth-order valence-corrected chi connectivity index (χ4v) is 4.70. The summed E-state index contributed by atoms with van der Waals surface area (Å²) in [6, 6.07) is 27.1. The minimum Gasteiger partial charge on any atom is -0.330 e. The van der Waals surface area contributed by atoms with E-state index >= 15 is 0 Å². The Morgan fingerprint density at radius 2 is 1.19 bits per heavy atom. The van der Waals surface area contributed by atoms with Crippen molar-refractivity contribution < 1.29 is 9.59 Å². The van der Waals surface area contributed by atoms with E-state index in [1.165, 1.54) is 5.01 Å². The average Bonchev–Trinajstić information content (AvgIpc) is 3.08. The molecule has 0 aliphatic carbocycles. The summed E-state index contributed by atoms with van der Waals surface area (Å²) in [7, 11) is 0. The van der Waals surface area contributed by atoms with E-state index in [4.69, 9.17) is 5.10 Å². The Bertz CT molecular complexity index is 1090. The number of para-hydroxylation sites is 1. The summed E-state index contributed by atoms with van der Waals surface area (Å²) in [4.78, 5) is 26.9. The fraction of sp³-hybridized carbons (Fsp3) is 0.160. The molecule has 0 radical (unpaired) electrons. The van der Waals surface area contributed by atoms with Gasteiger partial charge in [-0.15, -0.1) is 0 Å². The third-order valence-electron chi connectivity index (χ3n) is 6.12. The van der Waals surface area contributed by atoms with Crippen molar-refractivity contribution in [2.24, 2.45) is 10.5 Å². The summed E-state index contributed by atoms with van der Waals surface area (Å²) in [5.74, 6) is -0.175. The van der Waals surface area contributed by atoms with Gasteiger partial charge in [0.05, 0.1) is 23.5 Å². The van der Waals surface area contributed by atoms with Crippen LogP contribution in [-0.4, -0.2) is 17.6 Å². The lowest BCUT2D eigenvalue weighted by atomic mass is 9.65. The van der Waals surface area contributed by atoms with Crippen molar-refractivity contribution in [2.45, 2.75) is 19.0 Å². The maximum Gasteiger partial charge on any atom is 0.315 e. The van der Waals surface area contributed by atoms with Crippen molar-refractivity contribution in [1.29, 1.82) is 0 Å². The number of carbonyl (C=O) groups is 2. The van der Waals surface area contributed by atoms with Gasteiger partial charge in [-0.3, -0.25) is 4.79 Å². The topological polar surface area (TPSA) is 73.8 Å². The van der Waals surface area contributed by atoms with E-state index < -0.39 is 17.5 Å². The second-order valence-corrected chi connectivity index (χ2v) is 7.81. The predicted octanol–water partition coefficient (Wildman–Crippen LogP) is 4.19. The molecule has 1 saturated heterocycles. The van der Waals surface area contributed by atoms with Crippen LogP contribution in [0.15, 0.2) is 96.1 Å². The standard InChI is InChI=1S/C25H22N4O2/c1-17-25(23(30)29(28-17)20-15-9-4-10-16-20)21(18-11-5-2-6-12-18)26-24(31)27-22(25)19-13-7-3-8-14-19/h2-16,21-22H,1H3,(H2,26,27,31). The number of anilines is 1. The quantitative estimate of drug-likeness (QED) is 0.679. The molecule has 2 heterocycles. The van der Waals surface area contributed by atoms with Gasteiger partial charge in [0.15, 0.2) is 0 Å². The van der Waals surface area contributed by atoms with Crippen LogP contribution in [0.5, 0.6) is 0 Å². The Labute approximate surface area is 180 Å². The van der Waals surface area contributed by atoms with E-state index in [0.29, 0.717) is 11.4 Å². The van der Waals surface area contributed by atoms with Crippen molar-refractivity contribution in [3.63, 3.8) is 0 Å². The highest BCUT2D eigenvalue weighted by atomic mass is 16.2. The Balaban J connectivity index is 1.72. The third kappa shape index (κ3) is 2.91. The maximum absolute atomic E-state index is 14.2. The summed E-state index contributed by atoms with van der Waals surface area (Å²) in [6.45, 7) is 1.87. The number of amides is 3. The number of hydrogen-bond donors (Lipinski definition) is 2. The lowest BCUT2D eigenvalue weighted by Crippen LogP contribution is -2.63. The van der Waals surface area contributed by atoms with Crippen LogP contribution < -0.4 is 15.6 Å². The molecule has 3 aromatic carbocycles. The molecule has 0 bridgehead atoms. The van der Waals surface area contributed by atoms with Crippen LogP contribution in [0, 0.1) is 5.41 Å². The number of urea groups is 1. The lowest BCUT2D eigenvalue weighted by Gasteiger charge is -2.46. The molecular formula is C25H22N4O2. The highest BCUT2D eigenvalue weighted by molar-refractivity contribution is 6.20. The number of hydrazone groups is 1. The summed E-state index contributed by atoms with van der Waals surface area (Å²) < 4.78 is 0. The van der Waals surface area contributed by atoms with Crippen molar-refractivity contribution >= 4 is 23.3 Å². The first kappa shape index (κ1) is 19.1. The third-order valence-corrected chi connectivity index (χ3v) is 6.12. The van der Waals surface area contributed by atoms with E-state index in [-0.39, 0.29) is 11.9 Å². The number of nitrogens with zero attached hydrogens (tertiary/aromatic N) is 2. The van der Waals surface area contributed by atoms with Gasteiger partial charge in [-0.2, -0.15) is 10.1 Å². The van der Waals surface area contributed by atoms with Crippen LogP contribution in [-0.2, 0) is 4.79 Å². The molecule has 6 heteroatoms. The minimum absolute atomic E-state index is 0.175. The minimum atomic E-state index is -1.12. The molecule has 2 aliphatic rings. The first-order valence-electron chi connectivity index (χ1n) is 10.2. The average molecular weight is 410 g/mol. The number of carbonyl (C=O) groups excluding carboxylic acids is 2. The highest BCUT2D eigenvalue weighted by Gasteiger charge is 2.63. The first-order valence-corrected chi connectivity index (χ1v) is 10.2. The fourth-order valence-electron chi connectivity index (χ4n) is 4.70. The molecular weight excluding hydrogens is 388 g/mol. The van der Waals surface area contributed by atoms with Gasteiger partial charge >= 0.3 is 6.03 Å². The van der Waals surface area contributed by atoms with Crippen LogP contribution >= 0.6 is 0 Å². The van der Waals surface area contributed by atoms with Gasteiger partial charge in [0.1, 0.15) is 5.41 Å². The van der Waals surface area contributed by atoms with Crippen LogP contribution in [0.2, 0.25) is 0 Å². The monoisotopic (exact) mass is 410 g/mol. The molecule has 5 rings (SSSR count). The van der Waals surface area contributed by atoms with E-state index in [1.807, 2.05) is 97.9 Å². The van der Waals surface area contributed by atoms with Gasteiger partial charge in [-0.25, -0.2) is 4.79 Å². The Hall–Kier alpha value is -3.93. The molecule has 1 fully saturated rings. The molecule has 31 heavy (non-hydrogen) atoms. The molecule has 154 valence electrons. The summed E-state index contributed by atoms with van der Waals surface area (Å²) >= 11 is 0. The number of hydrogen-bond acceptors (Lipinski definition) is 3. The molecule has 2 atom stereocenters. The molecule has 3 amide bonds. The Morgan fingerprint density at radius 3 is 1.68 bits per heavy atom. The molecule has 1 spiro atoms. The Kier molecular flexibility index (Phi) is 4.55. The van der Waals surface area contributed by atoms with E-state index in [0.717, 1.165) is 11.1 Å². The van der Waals surface area contributed by atoms with Gasteiger partial charge in [-0.05, 0) is 30.2 Å². The van der Waals surface area contributed by atoms with Crippen molar-refractivity contribution in [3.8, 4) is 0 Å². The summed E-state index contributed by atoms with van der Waals surface area (Å²) in [5, 5.41) is 12.2. The van der Waals surface area contributed by atoms with Gasteiger partial charge in [0.25, 0.3) is 5.91 Å². The molecule has 0 saturated carbocycles. The zero-order chi connectivity index (χ0) is 21.4. The van der Waals surface area contributed by atoms with Gasteiger partial charge in [-0.1, -0.05) is 78.9 Å². The smallest absolute Gasteiger partial charge is 0.315 e. The van der Waals surface area contributed by atoms with Gasteiger partial charge < -0.3 is 10.6 Å². The van der Waals surface area contributed by atoms with Crippen LogP contribution in [0.1, 0.15) is 30.1 Å². The zero-order valence-electron chi connectivity index (χ0n) is 17.0. The molecule has 6 nitrogen and oxygen atoms in total. The second-order valence-electron chi connectivity index (χ2n) is 7.81. The zero-order valence-corrected chi connectivity index (χ0v) is 17.0. The van der Waals surface area contributed by atoms with Crippen molar-refractivity contribution in [3.05, 3.63) is 102 Å². The second kappa shape index (κ2) is 7.40. The summed E-state index contributed by atoms with van der Waals surface area (Å²) in [5.41, 5.74) is 1.94. The van der Waals surface area contributed by atoms with Crippen LogP contribution in [0.25, 0.3) is 0 Å². The predicted molar refractivity (Wildman–Crippen MR) is 120 cm³/mol. The van der Waals surface area contributed by atoms with E-state index in [1.54, 1.807) is 0 Å². The highest BCUT2D eigenvalue weighted by Crippen LogP contribution is 2.52. The number of benzene rings is 3. The maximum atomic E-state index is 14.2. The van der Waals surface area contributed by atoms with Crippen molar-refractivity contribution in [2.75, 3.05) is 5.01 Å². The number of rotatable bonds is 3. The Morgan fingerprint density at radius 1 is 0.742 bits per heavy atom. The van der Waals surface area contributed by atoms with E-state index in [9.17, 15) is 9.59 Å². The molecule has 2 aliphatic heterocycles. The molecule has 3 aromatic rings. The SMILES string of the molecule is CC1=NN(c2ccccc2)C(=O)C12C(c1ccccc1)NC(=O)NC2c1ccccc1. The normalized spacial score (nSPS) is 25.2. The van der Waals surface area contributed by atoms with Crippen LogP contribution in [0.4, 0.5) is 10.5 Å².